The van der Waals surface area contributed by atoms with Gasteiger partial charge in [-0.15, -0.1) is 0 Å². The van der Waals surface area contributed by atoms with E-state index in [2.05, 4.69) is 32.7 Å². The zero-order chi connectivity index (χ0) is 21.9. The summed E-state index contributed by atoms with van der Waals surface area (Å²) in [5.41, 5.74) is 5.33. The Bertz CT molecular complexity index is 691. The molecule has 1 aromatic rings. The molecule has 1 aromatic heterocycles. The number of unbranched alkanes of at least 4 members (excludes halogenated alkanes) is 2. The number of aliphatic hydroxyl groups excluding tert-OH is 1. The fraction of sp³-hybridized carbons (Fsp3) is 0.737. The van der Waals surface area contributed by atoms with Gasteiger partial charge in [-0.1, -0.05) is 33.1 Å². The first-order valence-electron chi connectivity index (χ1n) is 10.6. The lowest BCUT2D eigenvalue weighted by atomic mass is 10.0. The van der Waals surface area contributed by atoms with Crippen LogP contribution in [0.25, 0.3) is 0 Å². The molecule has 11 nitrogen and oxygen atoms in total. The Kier molecular flexibility index (Phi) is 9.68. The second-order valence-electron chi connectivity index (χ2n) is 7.44. The van der Waals surface area contributed by atoms with E-state index in [0.717, 1.165) is 38.6 Å². The van der Waals surface area contributed by atoms with Gasteiger partial charge in [-0.25, -0.2) is 5.06 Å². The number of aryl methyl sites for hydroxylation is 1. The number of hydrazine groups is 1. The van der Waals surface area contributed by atoms with Crippen LogP contribution in [0.5, 0.6) is 0 Å². The van der Waals surface area contributed by atoms with Crippen molar-refractivity contribution in [3.05, 3.63) is 5.82 Å². The Morgan fingerprint density at radius 2 is 2.13 bits per heavy atom. The molecule has 0 bridgehead atoms. The van der Waals surface area contributed by atoms with Gasteiger partial charge in [0.2, 0.25) is 24.2 Å². The molecule has 30 heavy (non-hydrogen) atoms. The number of nitrogens with zero attached hydrogens (tertiary/aromatic N) is 5. The number of anilines is 2. The number of carbonyl (C=O) groups is 2. The number of nitrogens with one attached hydrogen (secondary N) is 2. The molecule has 0 saturated carbocycles. The van der Waals surface area contributed by atoms with Gasteiger partial charge in [0.05, 0.1) is 25.1 Å². The number of hydroxylamine groups is 2. The van der Waals surface area contributed by atoms with Gasteiger partial charge in [0, 0.05) is 13.0 Å². The van der Waals surface area contributed by atoms with Gasteiger partial charge >= 0.3 is 0 Å². The molecule has 1 saturated heterocycles. The predicted molar refractivity (Wildman–Crippen MR) is 111 cm³/mol. The number of aliphatic hydroxyl groups is 1. The van der Waals surface area contributed by atoms with Crippen LogP contribution in [-0.4, -0.2) is 68.4 Å². The Balaban J connectivity index is 2.07. The van der Waals surface area contributed by atoms with E-state index in [1.54, 1.807) is 0 Å². The summed E-state index contributed by atoms with van der Waals surface area (Å²) in [5, 5.41) is 19.6. The van der Waals surface area contributed by atoms with Crippen molar-refractivity contribution < 1.29 is 19.9 Å². The zero-order valence-electron chi connectivity index (χ0n) is 17.8. The molecule has 1 aliphatic rings. The van der Waals surface area contributed by atoms with Crippen molar-refractivity contribution in [1.82, 2.24) is 25.4 Å². The maximum atomic E-state index is 12.6. The normalized spacial score (nSPS) is 16.9. The van der Waals surface area contributed by atoms with Crippen LogP contribution in [0.1, 0.15) is 58.2 Å². The first-order valence-corrected chi connectivity index (χ1v) is 10.6. The van der Waals surface area contributed by atoms with Crippen molar-refractivity contribution in [3.63, 3.8) is 0 Å². The van der Waals surface area contributed by atoms with Crippen LogP contribution in [-0.2, 0) is 16.0 Å². The molecular weight excluding hydrogens is 390 g/mol. The number of aromatic nitrogens is 3. The molecule has 2 atom stereocenters. The molecule has 168 valence electrons. The number of hydrogen-bond donors (Lipinski definition) is 4. The maximum absolute atomic E-state index is 12.6. The molecule has 0 aliphatic carbocycles. The summed E-state index contributed by atoms with van der Waals surface area (Å²) in [6, 6.07) is -0.0265. The summed E-state index contributed by atoms with van der Waals surface area (Å²) in [6.07, 6.45) is 6.02. The van der Waals surface area contributed by atoms with Gasteiger partial charge in [-0.3, -0.25) is 25.6 Å². The average molecular weight is 424 g/mol. The quantitative estimate of drug-likeness (QED) is 0.157. The summed E-state index contributed by atoms with van der Waals surface area (Å²) in [4.78, 5) is 38.5. The van der Waals surface area contributed by atoms with E-state index in [1.165, 1.54) is 0 Å². The maximum Gasteiger partial charge on any atom is 0.246 e. The van der Waals surface area contributed by atoms with E-state index in [9.17, 15) is 19.9 Å². The zero-order valence-corrected chi connectivity index (χ0v) is 17.8. The fourth-order valence-electron chi connectivity index (χ4n) is 3.47. The van der Waals surface area contributed by atoms with Crippen molar-refractivity contribution in [2.24, 2.45) is 5.92 Å². The highest BCUT2D eigenvalue weighted by molar-refractivity contribution is 5.80. The first kappa shape index (κ1) is 23.7. The van der Waals surface area contributed by atoms with E-state index in [-0.39, 0.29) is 37.5 Å². The summed E-state index contributed by atoms with van der Waals surface area (Å²) >= 11 is 0. The fourth-order valence-corrected chi connectivity index (χ4v) is 3.47. The molecule has 0 aromatic carbocycles. The molecule has 1 fully saturated rings. The number of rotatable bonds is 13. The van der Waals surface area contributed by atoms with Gasteiger partial charge < -0.3 is 10.0 Å². The van der Waals surface area contributed by atoms with E-state index >= 15 is 0 Å². The number of amides is 2. The second kappa shape index (κ2) is 12.2. The smallest absolute Gasteiger partial charge is 0.246 e. The molecular formula is C19H33N7O4. The Morgan fingerprint density at radius 1 is 1.33 bits per heavy atom. The molecule has 2 unspecified atom stereocenters. The lowest BCUT2D eigenvalue weighted by molar-refractivity contribution is -0.154. The SMILES string of the molecule is CCCCCC(CN(O)C=O)C(=O)NNc1nc(CC)nc(N2CCCC2CO)n1. The van der Waals surface area contributed by atoms with Crippen LogP contribution in [0, 0.1) is 5.92 Å². The van der Waals surface area contributed by atoms with Crippen LogP contribution in [0.3, 0.4) is 0 Å². The molecule has 2 heterocycles. The van der Waals surface area contributed by atoms with Gasteiger partial charge in [0.25, 0.3) is 0 Å². The lowest BCUT2D eigenvalue weighted by Gasteiger charge is -2.24. The van der Waals surface area contributed by atoms with E-state index in [0.29, 0.717) is 29.7 Å². The minimum atomic E-state index is -0.566. The van der Waals surface area contributed by atoms with Crippen molar-refractivity contribution in [2.45, 2.75) is 64.8 Å². The minimum absolute atomic E-state index is 0.0265. The predicted octanol–water partition coefficient (Wildman–Crippen LogP) is 0.882. The highest BCUT2D eigenvalue weighted by Crippen LogP contribution is 2.23. The van der Waals surface area contributed by atoms with Gasteiger partial charge in [-0.05, 0) is 19.3 Å². The average Bonchev–Trinajstić information content (AvgIpc) is 3.25. The van der Waals surface area contributed by atoms with Crippen LogP contribution in [0.15, 0.2) is 0 Å². The number of hydrogen-bond acceptors (Lipinski definition) is 9. The Hall–Kier alpha value is -2.53. The highest BCUT2D eigenvalue weighted by atomic mass is 16.5. The molecule has 4 N–H and O–H groups in total. The van der Waals surface area contributed by atoms with Gasteiger partial charge in [0.1, 0.15) is 5.82 Å². The van der Waals surface area contributed by atoms with Gasteiger partial charge in [0.15, 0.2) is 0 Å². The topological polar surface area (TPSA) is 144 Å². The van der Waals surface area contributed by atoms with Crippen molar-refractivity contribution in [3.8, 4) is 0 Å². The Labute approximate surface area is 176 Å². The highest BCUT2D eigenvalue weighted by Gasteiger charge is 2.27. The minimum Gasteiger partial charge on any atom is -0.394 e. The monoisotopic (exact) mass is 423 g/mol. The summed E-state index contributed by atoms with van der Waals surface area (Å²) in [6.45, 7) is 4.68. The van der Waals surface area contributed by atoms with E-state index < -0.39 is 5.92 Å². The summed E-state index contributed by atoms with van der Waals surface area (Å²) < 4.78 is 0. The van der Waals surface area contributed by atoms with Crippen LogP contribution in [0.2, 0.25) is 0 Å². The Morgan fingerprint density at radius 3 is 2.80 bits per heavy atom. The van der Waals surface area contributed by atoms with Crippen LogP contribution in [0.4, 0.5) is 11.9 Å². The lowest BCUT2D eigenvalue weighted by Crippen LogP contribution is -2.41. The molecule has 0 radical (unpaired) electrons. The molecule has 0 spiro atoms. The first-order chi connectivity index (χ1) is 14.5. The third kappa shape index (κ3) is 6.77. The third-order valence-electron chi connectivity index (χ3n) is 5.18. The third-order valence-corrected chi connectivity index (χ3v) is 5.18. The molecule has 1 aliphatic heterocycles. The standard InChI is InChI=1S/C19H33N7O4/c1-3-5-6-8-14(11-25(30)13-28)17(29)23-24-18-20-16(4-2)21-19(22-18)26-10-7-9-15(26)12-27/h13-15,27,30H,3-12H2,1-2H3,(H,23,29)(H,20,21,22,24). The molecule has 2 amide bonds. The van der Waals surface area contributed by atoms with Crippen LogP contribution < -0.4 is 15.8 Å². The van der Waals surface area contributed by atoms with Crippen molar-refractivity contribution >= 4 is 24.2 Å². The van der Waals surface area contributed by atoms with E-state index in [4.69, 9.17) is 0 Å². The summed E-state index contributed by atoms with van der Waals surface area (Å²) in [5.74, 6) is 0.321. The summed E-state index contributed by atoms with van der Waals surface area (Å²) in [7, 11) is 0. The molecule has 2 rings (SSSR count). The second-order valence-corrected chi connectivity index (χ2v) is 7.44. The molecule has 11 heteroatoms. The van der Waals surface area contributed by atoms with E-state index in [1.807, 2.05) is 11.8 Å². The van der Waals surface area contributed by atoms with Crippen LogP contribution >= 0.6 is 0 Å². The van der Waals surface area contributed by atoms with Gasteiger partial charge in [-0.2, -0.15) is 15.0 Å². The van der Waals surface area contributed by atoms with Crippen molar-refractivity contribution in [1.29, 1.82) is 0 Å². The largest absolute Gasteiger partial charge is 0.394 e. The number of carbonyl (C=O) groups excluding carboxylic acids is 2. The van der Waals surface area contributed by atoms with Crippen molar-refractivity contribution in [2.75, 3.05) is 30.0 Å².